The first-order valence-corrected chi connectivity index (χ1v) is 8.34. The maximum Gasteiger partial charge on any atom is 0.416 e. The van der Waals surface area contributed by atoms with E-state index < -0.39 is 35.1 Å². The molecule has 1 aromatic carbocycles. The third-order valence-corrected chi connectivity index (χ3v) is 4.58. The van der Waals surface area contributed by atoms with Gasteiger partial charge in [-0.1, -0.05) is 18.2 Å². The van der Waals surface area contributed by atoms with E-state index in [1.807, 2.05) is 0 Å². The van der Waals surface area contributed by atoms with Crippen LogP contribution in [0.2, 0.25) is 0 Å². The first-order chi connectivity index (χ1) is 11.5. The van der Waals surface area contributed by atoms with E-state index in [9.17, 15) is 18.0 Å². The fourth-order valence-corrected chi connectivity index (χ4v) is 3.31. The number of halogens is 3. The van der Waals surface area contributed by atoms with Crippen LogP contribution in [0.3, 0.4) is 0 Å². The monoisotopic (exact) mass is 357 g/mol. The standard InChI is InChI=1S/C18H22F3NO3/c1-16(2,3)25-15(23)22-10-8-17(9-11-22)14(24-17)12-6-4-5-7-13(12)18(19,20)21/h4-7,14H,8-11H2,1-3H3. The van der Waals surface area contributed by atoms with Gasteiger partial charge in [-0.05, 0) is 45.2 Å². The molecule has 1 spiro atoms. The molecule has 138 valence electrons. The minimum absolute atomic E-state index is 0.181. The normalized spacial score (nSPS) is 22.8. The highest BCUT2D eigenvalue weighted by atomic mass is 19.4. The van der Waals surface area contributed by atoms with Crippen LogP contribution in [0, 0.1) is 0 Å². The summed E-state index contributed by atoms with van der Waals surface area (Å²) in [4.78, 5) is 13.7. The summed E-state index contributed by atoms with van der Waals surface area (Å²) in [6, 6.07) is 5.53. The van der Waals surface area contributed by atoms with Gasteiger partial charge < -0.3 is 14.4 Å². The third kappa shape index (κ3) is 3.76. The third-order valence-electron chi connectivity index (χ3n) is 4.58. The topological polar surface area (TPSA) is 42.1 Å². The predicted molar refractivity (Wildman–Crippen MR) is 85.0 cm³/mol. The average Bonchev–Trinajstić information content (AvgIpc) is 3.19. The number of likely N-dealkylation sites (tertiary alicyclic amines) is 1. The Balaban J connectivity index is 1.67. The van der Waals surface area contributed by atoms with Gasteiger partial charge in [0.25, 0.3) is 0 Å². The van der Waals surface area contributed by atoms with E-state index in [0.717, 1.165) is 6.07 Å². The summed E-state index contributed by atoms with van der Waals surface area (Å²) in [7, 11) is 0. The number of carbonyl (C=O) groups excluding carboxylic acids is 1. The summed E-state index contributed by atoms with van der Waals surface area (Å²) in [5.41, 5.74) is -1.64. The highest BCUT2D eigenvalue weighted by Crippen LogP contribution is 2.57. The zero-order chi connectivity index (χ0) is 18.5. The molecule has 1 atom stereocenters. The number of benzene rings is 1. The van der Waals surface area contributed by atoms with E-state index in [1.165, 1.54) is 12.1 Å². The molecule has 0 saturated carbocycles. The van der Waals surface area contributed by atoms with Crippen molar-refractivity contribution in [3.63, 3.8) is 0 Å². The van der Waals surface area contributed by atoms with Crippen LogP contribution in [0.1, 0.15) is 50.8 Å². The van der Waals surface area contributed by atoms with Crippen molar-refractivity contribution in [3.05, 3.63) is 35.4 Å². The highest BCUT2D eigenvalue weighted by Gasteiger charge is 2.60. The van der Waals surface area contributed by atoms with Gasteiger partial charge >= 0.3 is 12.3 Å². The van der Waals surface area contributed by atoms with E-state index in [2.05, 4.69) is 0 Å². The summed E-state index contributed by atoms with van der Waals surface area (Å²) < 4.78 is 50.6. The van der Waals surface area contributed by atoms with E-state index in [0.29, 0.717) is 25.9 Å². The summed E-state index contributed by atoms with van der Waals surface area (Å²) in [5.74, 6) is 0. The largest absolute Gasteiger partial charge is 0.444 e. The van der Waals surface area contributed by atoms with Crippen LogP contribution in [0.4, 0.5) is 18.0 Å². The van der Waals surface area contributed by atoms with Crippen LogP contribution >= 0.6 is 0 Å². The van der Waals surface area contributed by atoms with Gasteiger partial charge in [0.05, 0.1) is 5.56 Å². The number of nitrogens with zero attached hydrogens (tertiary/aromatic N) is 1. The van der Waals surface area contributed by atoms with E-state index in [4.69, 9.17) is 9.47 Å². The molecular formula is C18H22F3NO3. The fourth-order valence-electron chi connectivity index (χ4n) is 3.31. The lowest BCUT2D eigenvalue weighted by molar-refractivity contribution is -0.138. The Labute approximate surface area is 144 Å². The lowest BCUT2D eigenvalue weighted by atomic mass is 9.88. The molecule has 0 aromatic heterocycles. The van der Waals surface area contributed by atoms with Crippen LogP contribution < -0.4 is 0 Å². The number of amides is 1. The maximum absolute atomic E-state index is 13.2. The number of hydrogen-bond donors (Lipinski definition) is 0. The molecular weight excluding hydrogens is 335 g/mol. The molecule has 2 aliphatic rings. The molecule has 3 rings (SSSR count). The summed E-state index contributed by atoms with van der Waals surface area (Å²) in [6.07, 6.45) is -4.35. The van der Waals surface area contributed by atoms with Gasteiger partial charge in [-0.3, -0.25) is 0 Å². The van der Waals surface area contributed by atoms with Crippen molar-refractivity contribution in [2.45, 2.75) is 57.1 Å². The smallest absolute Gasteiger partial charge is 0.416 e. The van der Waals surface area contributed by atoms with Crippen molar-refractivity contribution in [2.24, 2.45) is 0 Å². The summed E-state index contributed by atoms with van der Waals surface area (Å²) >= 11 is 0. The quantitative estimate of drug-likeness (QED) is 0.693. The van der Waals surface area contributed by atoms with Gasteiger partial charge in [0.1, 0.15) is 17.3 Å². The van der Waals surface area contributed by atoms with Crippen molar-refractivity contribution in [1.29, 1.82) is 0 Å². The molecule has 0 radical (unpaired) electrons. The molecule has 0 N–H and O–H groups in total. The Morgan fingerprint density at radius 3 is 2.36 bits per heavy atom. The van der Waals surface area contributed by atoms with Crippen LogP contribution in [-0.2, 0) is 15.7 Å². The van der Waals surface area contributed by atoms with Crippen molar-refractivity contribution in [2.75, 3.05) is 13.1 Å². The Morgan fingerprint density at radius 2 is 1.80 bits per heavy atom. The first-order valence-electron chi connectivity index (χ1n) is 8.34. The molecule has 1 aromatic rings. The molecule has 2 aliphatic heterocycles. The molecule has 0 aliphatic carbocycles. The molecule has 2 fully saturated rings. The highest BCUT2D eigenvalue weighted by molar-refractivity contribution is 5.68. The molecule has 2 saturated heterocycles. The number of piperidine rings is 1. The summed E-state index contributed by atoms with van der Waals surface area (Å²) in [6.45, 7) is 6.22. The number of epoxide rings is 1. The zero-order valence-corrected chi connectivity index (χ0v) is 14.5. The van der Waals surface area contributed by atoms with Crippen LogP contribution in [-0.4, -0.2) is 35.3 Å². The number of carbonyl (C=O) groups is 1. The molecule has 1 unspecified atom stereocenters. The molecule has 4 nitrogen and oxygen atoms in total. The van der Waals surface area contributed by atoms with Crippen LogP contribution in [0.15, 0.2) is 24.3 Å². The van der Waals surface area contributed by atoms with Gasteiger partial charge in [0.2, 0.25) is 0 Å². The molecule has 2 heterocycles. The van der Waals surface area contributed by atoms with Crippen molar-refractivity contribution >= 4 is 6.09 Å². The molecule has 7 heteroatoms. The van der Waals surface area contributed by atoms with Crippen molar-refractivity contribution < 1.29 is 27.4 Å². The van der Waals surface area contributed by atoms with Crippen molar-refractivity contribution in [1.82, 2.24) is 4.90 Å². The summed E-state index contributed by atoms with van der Waals surface area (Å²) in [5, 5.41) is 0. The lowest BCUT2D eigenvalue weighted by Crippen LogP contribution is -2.44. The molecule has 1 amide bonds. The van der Waals surface area contributed by atoms with E-state index in [-0.39, 0.29) is 5.56 Å². The number of hydrogen-bond acceptors (Lipinski definition) is 3. The van der Waals surface area contributed by atoms with E-state index in [1.54, 1.807) is 31.7 Å². The van der Waals surface area contributed by atoms with Crippen molar-refractivity contribution in [3.8, 4) is 0 Å². The maximum atomic E-state index is 13.2. The molecule has 25 heavy (non-hydrogen) atoms. The van der Waals surface area contributed by atoms with Gasteiger partial charge in [-0.25, -0.2) is 4.79 Å². The second-order valence-electron chi connectivity index (χ2n) is 7.62. The average molecular weight is 357 g/mol. The number of rotatable bonds is 1. The Hall–Kier alpha value is -1.76. The van der Waals surface area contributed by atoms with E-state index >= 15 is 0 Å². The van der Waals surface area contributed by atoms with Crippen LogP contribution in [0.25, 0.3) is 0 Å². The minimum atomic E-state index is -4.40. The first kappa shape index (κ1) is 18.0. The van der Waals surface area contributed by atoms with Gasteiger partial charge in [-0.15, -0.1) is 0 Å². The predicted octanol–water partition coefficient (Wildman–Crippen LogP) is 4.55. The number of alkyl halides is 3. The SMILES string of the molecule is CC(C)(C)OC(=O)N1CCC2(CC1)OC2c1ccccc1C(F)(F)F. The Bertz CT molecular complexity index is 658. The van der Waals surface area contributed by atoms with Gasteiger partial charge in [-0.2, -0.15) is 13.2 Å². The van der Waals surface area contributed by atoms with Gasteiger partial charge in [0, 0.05) is 13.1 Å². The Morgan fingerprint density at radius 1 is 1.20 bits per heavy atom. The Kier molecular flexibility index (Phi) is 4.26. The number of ether oxygens (including phenoxy) is 2. The second kappa shape index (κ2) is 5.90. The molecule has 0 bridgehead atoms. The minimum Gasteiger partial charge on any atom is -0.444 e. The van der Waals surface area contributed by atoms with Gasteiger partial charge in [0.15, 0.2) is 0 Å². The fraction of sp³-hybridized carbons (Fsp3) is 0.611. The second-order valence-corrected chi connectivity index (χ2v) is 7.62. The van der Waals surface area contributed by atoms with Crippen LogP contribution in [0.5, 0.6) is 0 Å². The zero-order valence-electron chi connectivity index (χ0n) is 14.5. The lowest BCUT2D eigenvalue weighted by Gasteiger charge is -2.32.